The van der Waals surface area contributed by atoms with E-state index in [1.54, 1.807) is 0 Å². The molecule has 1 atom stereocenters. The van der Waals surface area contributed by atoms with Crippen LogP contribution in [-0.2, 0) is 9.59 Å². The number of amides is 6. The van der Waals surface area contributed by atoms with Gasteiger partial charge < -0.3 is 10.6 Å². The molecule has 116 valence electrons. The average Bonchev–Trinajstić information content (AvgIpc) is 2.63. The van der Waals surface area contributed by atoms with Crippen LogP contribution in [0.15, 0.2) is 12.7 Å². The Hall–Kier alpha value is -2.38. The van der Waals surface area contributed by atoms with Gasteiger partial charge in [0.15, 0.2) is 0 Å². The van der Waals surface area contributed by atoms with E-state index in [1.165, 1.54) is 6.08 Å². The maximum absolute atomic E-state index is 12.0. The Balaban J connectivity index is 2.52. The maximum Gasteiger partial charge on any atom is 0.325 e. The van der Waals surface area contributed by atoms with Crippen LogP contribution in [-0.4, -0.2) is 47.9 Å². The number of imide groups is 2. The van der Waals surface area contributed by atoms with Crippen molar-refractivity contribution < 1.29 is 19.2 Å². The van der Waals surface area contributed by atoms with E-state index in [0.29, 0.717) is 6.42 Å². The largest absolute Gasteiger partial charge is 0.334 e. The Kier molecular flexibility index (Phi) is 5.89. The fourth-order valence-corrected chi connectivity index (χ4v) is 1.88. The van der Waals surface area contributed by atoms with E-state index in [1.807, 2.05) is 19.2 Å². The molecule has 0 aromatic carbocycles. The first-order valence-electron chi connectivity index (χ1n) is 6.65. The van der Waals surface area contributed by atoms with Gasteiger partial charge in [-0.25, -0.2) is 9.59 Å². The zero-order chi connectivity index (χ0) is 16.0. The van der Waals surface area contributed by atoms with Crippen molar-refractivity contribution >= 4 is 23.9 Å². The summed E-state index contributed by atoms with van der Waals surface area (Å²) in [6.45, 7) is 6.99. The third-order valence-electron chi connectivity index (χ3n) is 2.78. The van der Waals surface area contributed by atoms with Crippen LogP contribution in [0.4, 0.5) is 9.59 Å². The van der Waals surface area contributed by atoms with E-state index in [2.05, 4.69) is 17.2 Å². The van der Waals surface area contributed by atoms with Crippen molar-refractivity contribution in [2.24, 2.45) is 5.92 Å². The lowest BCUT2D eigenvalue weighted by atomic mass is 10.0. The van der Waals surface area contributed by atoms with Gasteiger partial charge in [0.1, 0.15) is 12.6 Å². The smallest absolute Gasteiger partial charge is 0.325 e. The zero-order valence-corrected chi connectivity index (χ0v) is 12.1. The molecular formula is C13H20N4O4. The molecular weight excluding hydrogens is 276 g/mol. The van der Waals surface area contributed by atoms with E-state index in [9.17, 15) is 19.2 Å². The molecule has 1 heterocycles. The van der Waals surface area contributed by atoms with Crippen molar-refractivity contribution in [1.29, 1.82) is 0 Å². The van der Waals surface area contributed by atoms with Crippen LogP contribution in [0.5, 0.6) is 0 Å². The number of hydrogen-bond donors (Lipinski definition) is 3. The second-order valence-corrected chi connectivity index (χ2v) is 5.10. The number of rotatable bonds is 6. The van der Waals surface area contributed by atoms with Crippen LogP contribution in [0.3, 0.4) is 0 Å². The van der Waals surface area contributed by atoms with E-state index in [-0.39, 0.29) is 12.5 Å². The summed E-state index contributed by atoms with van der Waals surface area (Å²) in [7, 11) is 0. The highest BCUT2D eigenvalue weighted by Gasteiger charge is 2.39. The SMILES string of the molecule is C=CCNC(=O)NC(=O)CN1C(=O)N[C@H](CC(C)C)C1=O. The summed E-state index contributed by atoms with van der Waals surface area (Å²) in [6.07, 6.45) is 1.96. The Morgan fingerprint density at radius 2 is 2.10 bits per heavy atom. The molecule has 3 N–H and O–H groups in total. The van der Waals surface area contributed by atoms with Crippen LogP contribution >= 0.6 is 0 Å². The predicted octanol–water partition coefficient (Wildman–Crippen LogP) is -0.0353. The second kappa shape index (κ2) is 7.41. The minimum atomic E-state index is -0.731. The zero-order valence-electron chi connectivity index (χ0n) is 12.1. The minimum absolute atomic E-state index is 0.207. The van der Waals surface area contributed by atoms with Crippen LogP contribution in [0.25, 0.3) is 0 Å². The van der Waals surface area contributed by atoms with Crippen LogP contribution in [0.1, 0.15) is 20.3 Å². The van der Waals surface area contributed by atoms with Gasteiger partial charge in [-0.05, 0) is 12.3 Å². The summed E-state index contributed by atoms with van der Waals surface area (Å²) in [5.41, 5.74) is 0. The van der Waals surface area contributed by atoms with Crippen LogP contribution in [0.2, 0.25) is 0 Å². The van der Waals surface area contributed by atoms with E-state index >= 15 is 0 Å². The summed E-state index contributed by atoms with van der Waals surface area (Å²) >= 11 is 0. The highest BCUT2D eigenvalue weighted by Crippen LogP contribution is 2.13. The molecule has 8 nitrogen and oxygen atoms in total. The van der Waals surface area contributed by atoms with Crippen molar-refractivity contribution in [2.75, 3.05) is 13.1 Å². The number of carbonyl (C=O) groups excluding carboxylic acids is 4. The molecule has 6 amide bonds. The fraction of sp³-hybridized carbons (Fsp3) is 0.538. The normalized spacial score (nSPS) is 17.7. The van der Waals surface area contributed by atoms with E-state index in [4.69, 9.17) is 0 Å². The number of nitrogens with one attached hydrogen (secondary N) is 3. The van der Waals surface area contributed by atoms with Gasteiger partial charge in [0, 0.05) is 6.54 Å². The third kappa shape index (κ3) is 4.90. The molecule has 1 aliphatic rings. The minimum Gasteiger partial charge on any atom is -0.334 e. The number of hydrogen-bond acceptors (Lipinski definition) is 4. The summed E-state index contributed by atoms with van der Waals surface area (Å²) in [5, 5.41) is 6.90. The van der Waals surface area contributed by atoms with Gasteiger partial charge in [0.05, 0.1) is 0 Å². The highest BCUT2D eigenvalue weighted by molar-refractivity contribution is 6.07. The lowest BCUT2D eigenvalue weighted by molar-refractivity contribution is -0.132. The average molecular weight is 296 g/mol. The molecule has 0 spiro atoms. The highest BCUT2D eigenvalue weighted by atomic mass is 16.2. The Morgan fingerprint density at radius 3 is 2.67 bits per heavy atom. The number of nitrogens with zero attached hydrogens (tertiary/aromatic N) is 1. The summed E-state index contributed by atoms with van der Waals surface area (Å²) in [4.78, 5) is 47.4. The fourth-order valence-electron chi connectivity index (χ4n) is 1.88. The first-order chi connectivity index (χ1) is 9.85. The quantitative estimate of drug-likeness (QED) is 0.472. The molecule has 0 aromatic heterocycles. The molecule has 1 rings (SSSR count). The van der Waals surface area contributed by atoms with Gasteiger partial charge in [0.2, 0.25) is 5.91 Å². The second-order valence-electron chi connectivity index (χ2n) is 5.10. The lowest BCUT2D eigenvalue weighted by Crippen LogP contribution is -2.46. The van der Waals surface area contributed by atoms with Crippen LogP contribution < -0.4 is 16.0 Å². The van der Waals surface area contributed by atoms with Crippen LogP contribution in [0, 0.1) is 5.92 Å². The van der Waals surface area contributed by atoms with Gasteiger partial charge in [-0.2, -0.15) is 0 Å². The maximum atomic E-state index is 12.0. The summed E-state index contributed by atoms with van der Waals surface area (Å²) in [5.74, 6) is -0.946. The Bertz CT molecular complexity index is 461. The molecule has 21 heavy (non-hydrogen) atoms. The first kappa shape index (κ1) is 16.7. The topological polar surface area (TPSA) is 108 Å². The van der Waals surface area contributed by atoms with Crippen molar-refractivity contribution in [3.63, 3.8) is 0 Å². The van der Waals surface area contributed by atoms with Crippen molar-refractivity contribution in [1.82, 2.24) is 20.9 Å². The molecule has 0 aliphatic carbocycles. The van der Waals surface area contributed by atoms with E-state index < -0.39 is 36.5 Å². The van der Waals surface area contributed by atoms with Gasteiger partial charge >= 0.3 is 12.1 Å². The first-order valence-corrected chi connectivity index (χ1v) is 6.65. The molecule has 0 aromatic rings. The third-order valence-corrected chi connectivity index (χ3v) is 2.78. The molecule has 0 saturated carbocycles. The van der Waals surface area contributed by atoms with Gasteiger partial charge in [-0.15, -0.1) is 6.58 Å². The Labute approximate surface area is 122 Å². The van der Waals surface area contributed by atoms with Gasteiger partial charge in [-0.1, -0.05) is 19.9 Å². The summed E-state index contributed by atoms with van der Waals surface area (Å²) < 4.78 is 0. The Morgan fingerprint density at radius 1 is 1.43 bits per heavy atom. The van der Waals surface area contributed by atoms with Crippen molar-refractivity contribution in [3.05, 3.63) is 12.7 Å². The van der Waals surface area contributed by atoms with Crippen molar-refractivity contribution in [3.8, 4) is 0 Å². The molecule has 1 aliphatic heterocycles. The molecule has 1 saturated heterocycles. The van der Waals surface area contributed by atoms with Gasteiger partial charge in [0.25, 0.3) is 5.91 Å². The standard InChI is InChI=1S/C13H20N4O4/c1-4-5-14-12(20)16-10(18)7-17-11(19)9(6-8(2)3)15-13(17)21/h4,8-9H,1,5-7H2,2-3H3,(H,15,21)(H2,14,16,18,20)/t9-/m1/s1. The van der Waals surface area contributed by atoms with Gasteiger partial charge in [-0.3, -0.25) is 19.8 Å². The molecule has 8 heteroatoms. The van der Waals surface area contributed by atoms with E-state index in [0.717, 1.165) is 4.90 Å². The predicted molar refractivity (Wildman–Crippen MR) is 75.2 cm³/mol. The number of urea groups is 2. The molecule has 1 fully saturated rings. The monoisotopic (exact) mass is 296 g/mol. The molecule has 0 bridgehead atoms. The molecule has 0 unspecified atom stereocenters. The number of carbonyl (C=O) groups is 4. The van der Waals surface area contributed by atoms with Crippen molar-refractivity contribution in [2.45, 2.75) is 26.3 Å². The summed E-state index contributed by atoms with van der Waals surface area (Å²) in [6, 6.07) is -1.93. The lowest BCUT2D eigenvalue weighted by Gasteiger charge is -2.13. The molecule has 0 radical (unpaired) electrons.